The van der Waals surface area contributed by atoms with E-state index in [2.05, 4.69) is 9.97 Å². The zero-order chi connectivity index (χ0) is 21.0. The van der Waals surface area contributed by atoms with E-state index in [1.165, 1.54) is 0 Å². The Bertz CT molecular complexity index is 972. The lowest BCUT2D eigenvalue weighted by molar-refractivity contribution is -0.131. The lowest BCUT2D eigenvalue weighted by Crippen LogP contribution is -2.49. The number of nitriles is 1. The molecule has 1 amide bonds. The Hall–Kier alpha value is -3.27. The van der Waals surface area contributed by atoms with Gasteiger partial charge in [0.1, 0.15) is 11.8 Å². The SMILES string of the molecule is Cc1cc(C#N)nc(N2CCN(C(=O)CCC(=O)c3ccc(C)c(C)c3)CC2)n1. The van der Waals surface area contributed by atoms with Gasteiger partial charge in [0.2, 0.25) is 11.9 Å². The van der Waals surface area contributed by atoms with Crippen molar-refractivity contribution >= 4 is 17.6 Å². The van der Waals surface area contributed by atoms with E-state index in [-0.39, 0.29) is 24.5 Å². The molecule has 0 saturated carbocycles. The number of amides is 1. The summed E-state index contributed by atoms with van der Waals surface area (Å²) < 4.78 is 0. The summed E-state index contributed by atoms with van der Waals surface area (Å²) >= 11 is 0. The van der Waals surface area contributed by atoms with Gasteiger partial charge in [0.15, 0.2) is 5.78 Å². The highest BCUT2D eigenvalue weighted by atomic mass is 16.2. The van der Waals surface area contributed by atoms with Crippen molar-refractivity contribution in [1.82, 2.24) is 14.9 Å². The Kier molecular flexibility index (Phi) is 6.23. The van der Waals surface area contributed by atoms with Crippen LogP contribution in [-0.2, 0) is 4.79 Å². The fourth-order valence-electron chi connectivity index (χ4n) is 3.35. The number of nitrogens with zero attached hydrogens (tertiary/aromatic N) is 5. The minimum Gasteiger partial charge on any atom is -0.339 e. The summed E-state index contributed by atoms with van der Waals surface area (Å²) in [6.07, 6.45) is 0.430. The molecule has 0 radical (unpaired) electrons. The molecule has 0 N–H and O–H groups in total. The van der Waals surface area contributed by atoms with Crippen LogP contribution in [0.4, 0.5) is 5.95 Å². The maximum absolute atomic E-state index is 12.5. The second-order valence-corrected chi connectivity index (χ2v) is 7.40. The molecular weight excluding hydrogens is 366 g/mol. The lowest BCUT2D eigenvalue weighted by atomic mass is 10.0. The third-order valence-corrected chi connectivity index (χ3v) is 5.27. The molecule has 7 heteroatoms. The van der Waals surface area contributed by atoms with Crippen LogP contribution in [-0.4, -0.2) is 52.7 Å². The molecule has 3 rings (SSSR count). The third kappa shape index (κ3) is 4.96. The number of Topliss-reactive ketones (excluding diaryl/α,β-unsaturated/α-hetero) is 1. The molecule has 29 heavy (non-hydrogen) atoms. The highest BCUT2D eigenvalue weighted by Crippen LogP contribution is 2.16. The Morgan fingerprint density at radius 2 is 1.72 bits per heavy atom. The van der Waals surface area contributed by atoms with E-state index in [1.54, 1.807) is 11.0 Å². The van der Waals surface area contributed by atoms with E-state index in [9.17, 15) is 9.59 Å². The number of aryl methyl sites for hydroxylation is 3. The number of aromatic nitrogens is 2. The summed E-state index contributed by atoms with van der Waals surface area (Å²) in [4.78, 5) is 37.4. The number of piperazine rings is 1. The van der Waals surface area contributed by atoms with Crippen LogP contribution in [0.1, 0.15) is 45.7 Å². The van der Waals surface area contributed by atoms with Crippen molar-refractivity contribution in [3.8, 4) is 6.07 Å². The zero-order valence-corrected chi connectivity index (χ0v) is 17.1. The number of carbonyl (C=O) groups excluding carboxylic acids is 2. The largest absolute Gasteiger partial charge is 0.339 e. The average molecular weight is 391 g/mol. The molecule has 0 unspecified atom stereocenters. The first-order valence-corrected chi connectivity index (χ1v) is 9.76. The van der Waals surface area contributed by atoms with Crippen molar-refractivity contribution < 1.29 is 9.59 Å². The Morgan fingerprint density at radius 3 is 2.38 bits per heavy atom. The maximum Gasteiger partial charge on any atom is 0.226 e. The van der Waals surface area contributed by atoms with Crippen molar-refractivity contribution in [3.63, 3.8) is 0 Å². The number of hydrogen-bond acceptors (Lipinski definition) is 6. The molecule has 1 aromatic heterocycles. The van der Waals surface area contributed by atoms with Gasteiger partial charge in [0.05, 0.1) is 0 Å². The zero-order valence-electron chi connectivity index (χ0n) is 17.1. The molecule has 0 atom stereocenters. The van der Waals surface area contributed by atoms with Gasteiger partial charge >= 0.3 is 0 Å². The van der Waals surface area contributed by atoms with Gasteiger partial charge in [-0.1, -0.05) is 12.1 Å². The summed E-state index contributed by atoms with van der Waals surface area (Å²) in [6, 6.07) is 9.35. The molecule has 1 aromatic carbocycles. The van der Waals surface area contributed by atoms with Gasteiger partial charge in [0, 0.05) is 50.3 Å². The fourth-order valence-corrected chi connectivity index (χ4v) is 3.35. The van der Waals surface area contributed by atoms with Crippen LogP contribution in [0.15, 0.2) is 24.3 Å². The molecule has 0 aliphatic carbocycles. The molecular formula is C22H25N5O2. The second kappa shape index (κ2) is 8.82. The first-order valence-electron chi connectivity index (χ1n) is 9.76. The van der Waals surface area contributed by atoms with Gasteiger partial charge in [0.25, 0.3) is 0 Å². The molecule has 1 aliphatic heterocycles. The fraction of sp³-hybridized carbons (Fsp3) is 0.409. The van der Waals surface area contributed by atoms with E-state index < -0.39 is 0 Å². The second-order valence-electron chi connectivity index (χ2n) is 7.40. The van der Waals surface area contributed by atoms with Crippen LogP contribution >= 0.6 is 0 Å². The molecule has 1 aliphatic rings. The summed E-state index contributed by atoms with van der Waals surface area (Å²) in [5.74, 6) is 0.514. The number of carbonyl (C=O) groups is 2. The van der Waals surface area contributed by atoms with Gasteiger partial charge in [-0.05, 0) is 44.0 Å². The number of rotatable bonds is 5. The summed E-state index contributed by atoms with van der Waals surface area (Å²) in [7, 11) is 0. The van der Waals surface area contributed by atoms with Crippen LogP contribution < -0.4 is 4.90 Å². The van der Waals surface area contributed by atoms with Gasteiger partial charge < -0.3 is 9.80 Å². The Balaban J connectivity index is 1.52. The lowest BCUT2D eigenvalue weighted by Gasteiger charge is -2.34. The first kappa shape index (κ1) is 20.5. The number of ketones is 1. The predicted octanol–water partition coefficient (Wildman–Crippen LogP) is 2.59. The van der Waals surface area contributed by atoms with Gasteiger partial charge in [-0.15, -0.1) is 0 Å². The van der Waals surface area contributed by atoms with E-state index >= 15 is 0 Å². The number of anilines is 1. The summed E-state index contributed by atoms with van der Waals surface area (Å²) in [5, 5.41) is 9.08. The van der Waals surface area contributed by atoms with Crippen LogP contribution in [0.3, 0.4) is 0 Å². The Morgan fingerprint density at radius 1 is 1.00 bits per heavy atom. The first-order chi connectivity index (χ1) is 13.9. The van der Waals surface area contributed by atoms with Crippen LogP contribution in [0.25, 0.3) is 0 Å². The van der Waals surface area contributed by atoms with E-state index in [0.717, 1.165) is 16.8 Å². The smallest absolute Gasteiger partial charge is 0.226 e. The van der Waals surface area contributed by atoms with Gasteiger partial charge in [-0.3, -0.25) is 9.59 Å². The highest BCUT2D eigenvalue weighted by Gasteiger charge is 2.23. The van der Waals surface area contributed by atoms with Crippen molar-refractivity contribution in [2.45, 2.75) is 33.6 Å². The van der Waals surface area contributed by atoms with E-state index in [1.807, 2.05) is 49.9 Å². The van der Waals surface area contributed by atoms with Crippen molar-refractivity contribution in [2.24, 2.45) is 0 Å². The van der Waals surface area contributed by atoms with Crippen LogP contribution in [0.2, 0.25) is 0 Å². The quantitative estimate of drug-likeness (QED) is 0.728. The molecule has 1 saturated heterocycles. The minimum atomic E-state index is -0.00953. The minimum absolute atomic E-state index is 0.00252. The van der Waals surface area contributed by atoms with Crippen molar-refractivity contribution in [3.05, 3.63) is 52.3 Å². The topological polar surface area (TPSA) is 90.2 Å². The maximum atomic E-state index is 12.5. The monoisotopic (exact) mass is 391 g/mol. The van der Waals surface area contributed by atoms with E-state index in [0.29, 0.717) is 43.4 Å². The number of hydrogen-bond donors (Lipinski definition) is 0. The molecule has 2 aromatic rings. The highest BCUT2D eigenvalue weighted by molar-refractivity contribution is 5.98. The summed E-state index contributed by atoms with van der Waals surface area (Å²) in [6.45, 7) is 8.13. The normalized spacial score (nSPS) is 13.9. The molecule has 1 fully saturated rings. The van der Waals surface area contributed by atoms with E-state index in [4.69, 9.17) is 5.26 Å². The molecule has 0 spiro atoms. The van der Waals surface area contributed by atoms with Crippen molar-refractivity contribution in [1.29, 1.82) is 5.26 Å². The van der Waals surface area contributed by atoms with Gasteiger partial charge in [-0.25, -0.2) is 9.97 Å². The van der Waals surface area contributed by atoms with Gasteiger partial charge in [-0.2, -0.15) is 5.26 Å². The van der Waals surface area contributed by atoms with Crippen molar-refractivity contribution in [2.75, 3.05) is 31.1 Å². The van der Waals surface area contributed by atoms with Crippen LogP contribution in [0.5, 0.6) is 0 Å². The summed E-state index contributed by atoms with van der Waals surface area (Å²) in [5.41, 5.74) is 3.98. The molecule has 150 valence electrons. The molecule has 7 nitrogen and oxygen atoms in total. The average Bonchev–Trinajstić information content (AvgIpc) is 2.73. The predicted molar refractivity (Wildman–Crippen MR) is 110 cm³/mol. The third-order valence-electron chi connectivity index (χ3n) is 5.27. The number of benzene rings is 1. The Labute approximate surface area is 171 Å². The standard InChI is InChI=1S/C22H25N5O2/c1-15-4-5-18(12-16(15)2)20(28)6-7-21(29)26-8-10-27(11-9-26)22-24-17(3)13-19(14-23)25-22/h4-5,12-13H,6-11H2,1-3H3. The molecule has 2 heterocycles. The van der Waals surface area contributed by atoms with Crippen LogP contribution in [0, 0.1) is 32.1 Å². The molecule has 0 bridgehead atoms.